The molecule has 1 amide bonds. The average molecular weight is 422 g/mol. The Bertz CT molecular complexity index is 1210. The fourth-order valence-electron chi connectivity index (χ4n) is 3.36. The number of hydrogen-bond donors (Lipinski definition) is 1. The van der Waals surface area contributed by atoms with Crippen molar-refractivity contribution in [1.29, 1.82) is 5.26 Å². The van der Waals surface area contributed by atoms with Gasteiger partial charge in [-0.3, -0.25) is 14.2 Å². The van der Waals surface area contributed by atoms with Gasteiger partial charge in [-0.1, -0.05) is 23.9 Å². The number of halogens is 1. The summed E-state index contributed by atoms with van der Waals surface area (Å²) in [6, 6.07) is 14.7. The Kier molecular flexibility index (Phi) is 5.31. The van der Waals surface area contributed by atoms with Crippen molar-refractivity contribution < 1.29 is 9.18 Å². The smallest absolute Gasteiger partial charge is 0.266 e. The molecule has 3 aromatic rings. The predicted octanol–water partition coefficient (Wildman–Crippen LogP) is 3.43. The second-order valence-corrected chi connectivity index (χ2v) is 8.40. The van der Waals surface area contributed by atoms with E-state index >= 15 is 0 Å². The van der Waals surface area contributed by atoms with E-state index in [9.17, 15) is 19.2 Å². The zero-order chi connectivity index (χ0) is 21.3. The number of nitriles is 1. The van der Waals surface area contributed by atoms with Gasteiger partial charge in [0.25, 0.3) is 5.56 Å². The van der Waals surface area contributed by atoms with Crippen molar-refractivity contribution in [1.82, 2.24) is 14.9 Å². The molecule has 30 heavy (non-hydrogen) atoms. The van der Waals surface area contributed by atoms with E-state index in [1.54, 1.807) is 31.2 Å². The maximum atomic E-state index is 13.4. The zero-order valence-electron chi connectivity index (χ0n) is 16.3. The molecule has 2 aromatic carbocycles. The van der Waals surface area contributed by atoms with E-state index in [1.807, 2.05) is 0 Å². The second-order valence-electron chi connectivity index (χ2n) is 7.45. The zero-order valence-corrected chi connectivity index (χ0v) is 17.1. The number of carbonyl (C=O) groups is 1. The normalized spacial score (nSPS) is 15.4. The molecule has 1 N–H and O–H groups in total. The number of rotatable bonds is 6. The molecule has 0 spiro atoms. The van der Waals surface area contributed by atoms with Crippen molar-refractivity contribution >= 4 is 28.6 Å². The van der Waals surface area contributed by atoms with E-state index in [0.717, 1.165) is 24.6 Å². The lowest BCUT2D eigenvalue weighted by atomic mass is 9.98. The van der Waals surface area contributed by atoms with Crippen LogP contribution in [0.4, 0.5) is 4.39 Å². The van der Waals surface area contributed by atoms with Gasteiger partial charge < -0.3 is 5.32 Å². The lowest BCUT2D eigenvalue weighted by Crippen LogP contribution is -2.47. The number of fused-ring (bicyclic) bond motifs is 1. The van der Waals surface area contributed by atoms with Crippen LogP contribution < -0.4 is 10.9 Å². The van der Waals surface area contributed by atoms with Gasteiger partial charge in [0.2, 0.25) is 5.91 Å². The summed E-state index contributed by atoms with van der Waals surface area (Å²) >= 11 is 1.10. The molecule has 0 radical (unpaired) electrons. The van der Waals surface area contributed by atoms with Crippen LogP contribution >= 0.6 is 11.8 Å². The molecule has 8 heteroatoms. The van der Waals surface area contributed by atoms with Crippen LogP contribution in [-0.4, -0.2) is 26.8 Å². The van der Waals surface area contributed by atoms with Crippen molar-refractivity contribution in [3.8, 4) is 11.8 Å². The van der Waals surface area contributed by atoms with Crippen LogP contribution in [0.2, 0.25) is 0 Å². The first-order valence-electron chi connectivity index (χ1n) is 9.54. The summed E-state index contributed by atoms with van der Waals surface area (Å²) < 4.78 is 14.8. The molecule has 6 nitrogen and oxygen atoms in total. The van der Waals surface area contributed by atoms with Crippen LogP contribution in [0.5, 0.6) is 0 Å². The van der Waals surface area contributed by atoms with E-state index in [0.29, 0.717) is 21.7 Å². The summed E-state index contributed by atoms with van der Waals surface area (Å²) in [5.74, 6) is -0.544. The van der Waals surface area contributed by atoms with Gasteiger partial charge in [-0.25, -0.2) is 9.37 Å². The lowest BCUT2D eigenvalue weighted by Gasteiger charge is -2.22. The second kappa shape index (κ2) is 7.92. The van der Waals surface area contributed by atoms with Crippen molar-refractivity contribution in [2.24, 2.45) is 5.92 Å². The molecule has 4 rings (SSSR count). The van der Waals surface area contributed by atoms with Gasteiger partial charge in [-0.15, -0.1) is 0 Å². The van der Waals surface area contributed by atoms with Gasteiger partial charge in [0.1, 0.15) is 11.4 Å². The number of benzene rings is 2. The molecule has 1 atom stereocenters. The standard InChI is InChI=1S/C22H19FN4O2S/c1-22(13-24,14-6-7-14)26-19(28)12-30-21-25-18-5-3-2-4-17(18)20(29)27(21)16-10-8-15(23)9-11-16/h2-5,8-11,14H,6-7,12H2,1H3,(H,26,28). The number of hydrogen-bond acceptors (Lipinski definition) is 5. The van der Waals surface area contributed by atoms with Gasteiger partial charge >= 0.3 is 0 Å². The fourth-order valence-corrected chi connectivity index (χ4v) is 4.18. The Labute approximate surface area is 176 Å². The van der Waals surface area contributed by atoms with E-state index < -0.39 is 11.4 Å². The van der Waals surface area contributed by atoms with Crippen LogP contribution in [0, 0.1) is 23.1 Å². The van der Waals surface area contributed by atoms with Crippen molar-refractivity contribution in [3.63, 3.8) is 0 Å². The Balaban J connectivity index is 1.66. The first-order chi connectivity index (χ1) is 14.4. The van der Waals surface area contributed by atoms with Gasteiger partial charge in [0.05, 0.1) is 28.4 Å². The SMILES string of the molecule is CC(C#N)(NC(=O)CSc1nc2ccccc2c(=O)n1-c1ccc(F)cc1)C1CC1. The maximum Gasteiger partial charge on any atom is 0.266 e. The van der Waals surface area contributed by atoms with Crippen LogP contribution in [0.25, 0.3) is 16.6 Å². The summed E-state index contributed by atoms with van der Waals surface area (Å²) in [5.41, 5.74) is -0.202. The number of thioether (sulfide) groups is 1. The third-order valence-corrected chi connectivity index (χ3v) is 6.13. The highest BCUT2D eigenvalue weighted by Crippen LogP contribution is 2.39. The molecule has 0 bridgehead atoms. The molecule has 1 aliphatic carbocycles. The van der Waals surface area contributed by atoms with E-state index in [-0.39, 0.29) is 23.1 Å². The summed E-state index contributed by atoms with van der Waals surface area (Å²) in [4.78, 5) is 30.2. The maximum absolute atomic E-state index is 13.4. The number of para-hydroxylation sites is 1. The number of carbonyl (C=O) groups excluding carboxylic acids is 1. The van der Waals surface area contributed by atoms with Crippen LogP contribution in [0.1, 0.15) is 19.8 Å². The van der Waals surface area contributed by atoms with E-state index in [4.69, 9.17) is 0 Å². The highest BCUT2D eigenvalue weighted by atomic mass is 32.2. The highest BCUT2D eigenvalue weighted by molar-refractivity contribution is 7.99. The minimum absolute atomic E-state index is 0.00400. The third kappa shape index (κ3) is 3.94. The molecule has 1 heterocycles. The minimum atomic E-state index is -0.884. The van der Waals surface area contributed by atoms with Gasteiger partial charge in [-0.2, -0.15) is 5.26 Å². The van der Waals surface area contributed by atoms with Gasteiger partial charge in [0.15, 0.2) is 5.16 Å². The molecule has 1 fully saturated rings. The first kappa shape index (κ1) is 20.1. The molecule has 1 aromatic heterocycles. The monoisotopic (exact) mass is 422 g/mol. The van der Waals surface area contributed by atoms with Crippen molar-refractivity contribution in [2.75, 3.05) is 5.75 Å². The summed E-state index contributed by atoms with van der Waals surface area (Å²) in [5, 5.41) is 13.0. The van der Waals surface area contributed by atoms with Crippen LogP contribution in [0.15, 0.2) is 58.5 Å². The number of nitrogens with zero attached hydrogens (tertiary/aromatic N) is 3. The molecular formula is C22H19FN4O2S. The Morgan fingerprint density at radius 3 is 2.67 bits per heavy atom. The first-order valence-corrected chi connectivity index (χ1v) is 10.5. The number of nitrogens with one attached hydrogen (secondary N) is 1. The molecule has 0 saturated heterocycles. The average Bonchev–Trinajstić information content (AvgIpc) is 3.59. The molecule has 0 aliphatic heterocycles. The largest absolute Gasteiger partial charge is 0.337 e. The number of amides is 1. The van der Waals surface area contributed by atoms with Crippen LogP contribution in [0.3, 0.4) is 0 Å². The van der Waals surface area contributed by atoms with Gasteiger partial charge in [0, 0.05) is 0 Å². The lowest BCUT2D eigenvalue weighted by molar-refractivity contribution is -0.119. The number of aromatic nitrogens is 2. The minimum Gasteiger partial charge on any atom is -0.337 e. The molecule has 1 unspecified atom stereocenters. The van der Waals surface area contributed by atoms with Crippen molar-refractivity contribution in [2.45, 2.75) is 30.5 Å². The van der Waals surface area contributed by atoms with Crippen molar-refractivity contribution in [3.05, 3.63) is 64.7 Å². The Morgan fingerprint density at radius 2 is 2.00 bits per heavy atom. The Hall–Kier alpha value is -3.18. The summed E-state index contributed by atoms with van der Waals surface area (Å²) in [7, 11) is 0. The topological polar surface area (TPSA) is 87.8 Å². The molecule has 1 saturated carbocycles. The highest BCUT2D eigenvalue weighted by Gasteiger charge is 2.43. The van der Waals surface area contributed by atoms with E-state index in [1.165, 1.54) is 28.8 Å². The third-order valence-electron chi connectivity index (χ3n) is 5.19. The van der Waals surface area contributed by atoms with Gasteiger partial charge in [-0.05, 0) is 62.1 Å². The van der Waals surface area contributed by atoms with Crippen LogP contribution in [-0.2, 0) is 4.79 Å². The molecule has 152 valence electrons. The molecular weight excluding hydrogens is 403 g/mol. The van der Waals surface area contributed by atoms with E-state index in [2.05, 4.69) is 16.4 Å². The fraction of sp³-hybridized carbons (Fsp3) is 0.273. The Morgan fingerprint density at radius 1 is 1.30 bits per heavy atom. The molecule has 1 aliphatic rings. The summed E-state index contributed by atoms with van der Waals surface area (Å²) in [6.45, 7) is 1.73. The quantitative estimate of drug-likeness (QED) is 0.486. The predicted molar refractivity (Wildman–Crippen MR) is 113 cm³/mol. The summed E-state index contributed by atoms with van der Waals surface area (Å²) in [6.07, 6.45) is 1.85.